The highest BCUT2D eigenvalue weighted by molar-refractivity contribution is 5.02. The van der Waals surface area contributed by atoms with Gasteiger partial charge < -0.3 is 9.84 Å². The lowest BCUT2D eigenvalue weighted by Crippen LogP contribution is -2.36. The topological polar surface area (TPSA) is 32.7 Å². The Labute approximate surface area is 73.6 Å². The molecule has 0 aliphatic carbocycles. The summed E-state index contributed by atoms with van der Waals surface area (Å²) in [5.74, 6) is 0.693. The Morgan fingerprint density at radius 2 is 2.17 bits per heavy atom. The maximum atomic E-state index is 8.91. The first kappa shape index (κ1) is 9.39. The maximum absolute atomic E-state index is 8.91. The van der Waals surface area contributed by atoms with Crippen LogP contribution in [0.15, 0.2) is 12.0 Å². The van der Waals surface area contributed by atoms with E-state index in [2.05, 4.69) is 4.90 Å². The van der Waals surface area contributed by atoms with Crippen molar-refractivity contribution < 1.29 is 9.84 Å². The van der Waals surface area contributed by atoms with Crippen LogP contribution in [-0.4, -0.2) is 36.2 Å². The van der Waals surface area contributed by atoms with Crippen LogP contribution in [0.25, 0.3) is 0 Å². The molecule has 1 heterocycles. The van der Waals surface area contributed by atoms with Crippen LogP contribution >= 0.6 is 0 Å². The molecule has 3 heteroatoms. The van der Waals surface area contributed by atoms with Crippen molar-refractivity contribution in [2.75, 3.05) is 14.1 Å². The Kier molecular flexibility index (Phi) is 2.98. The summed E-state index contributed by atoms with van der Waals surface area (Å²) in [5.41, 5.74) is 0. The van der Waals surface area contributed by atoms with Crippen molar-refractivity contribution in [3.8, 4) is 0 Å². The summed E-state index contributed by atoms with van der Waals surface area (Å²) in [6, 6.07) is 0.242. The molecule has 1 fully saturated rings. The fraction of sp³-hybridized carbons (Fsp3) is 0.778. The van der Waals surface area contributed by atoms with Crippen LogP contribution in [0.3, 0.4) is 0 Å². The summed E-state index contributed by atoms with van der Waals surface area (Å²) in [7, 11) is 3.99. The van der Waals surface area contributed by atoms with E-state index in [1.54, 1.807) is 0 Å². The largest absolute Gasteiger partial charge is 0.512 e. The highest BCUT2D eigenvalue weighted by Gasteiger charge is 2.25. The Balaban J connectivity index is 2.63. The molecule has 12 heavy (non-hydrogen) atoms. The minimum Gasteiger partial charge on any atom is -0.512 e. The molecule has 1 N–H and O–H groups in total. The summed E-state index contributed by atoms with van der Waals surface area (Å²) >= 11 is 0. The van der Waals surface area contributed by atoms with Gasteiger partial charge in [0.1, 0.15) is 12.0 Å². The molecule has 0 saturated carbocycles. The summed E-state index contributed by atoms with van der Waals surface area (Å²) in [6.45, 7) is 2.02. The van der Waals surface area contributed by atoms with Gasteiger partial charge in [-0.15, -0.1) is 0 Å². The Hall–Kier alpha value is -0.700. The molecular formula is C9H17NO2. The second kappa shape index (κ2) is 3.81. The SMILES string of the molecule is C[C@@H]1CC[C@H](N(C)C)C(=CO)O1. The molecule has 70 valence electrons. The molecule has 1 saturated heterocycles. The first-order valence-corrected chi connectivity index (χ1v) is 4.32. The zero-order chi connectivity index (χ0) is 9.14. The van der Waals surface area contributed by atoms with Crippen molar-refractivity contribution in [3.05, 3.63) is 12.0 Å². The van der Waals surface area contributed by atoms with E-state index in [4.69, 9.17) is 9.84 Å². The molecule has 0 unspecified atom stereocenters. The molecule has 1 rings (SSSR count). The standard InChI is InChI=1S/C9H17NO2/c1-7-4-5-8(10(2)3)9(6-11)12-7/h6-8,11H,4-5H2,1-3H3/t7-,8+/m1/s1. The minimum atomic E-state index is 0.236. The first-order chi connectivity index (χ1) is 5.65. The highest BCUT2D eigenvalue weighted by Crippen LogP contribution is 2.24. The van der Waals surface area contributed by atoms with Crippen LogP contribution in [0.2, 0.25) is 0 Å². The lowest BCUT2D eigenvalue weighted by atomic mass is 10.0. The second-order valence-corrected chi connectivity index (χ2v) is 3.52. The zero-order valence-corrected chi connectivity index (χ0v) is 7.95. The van der Waals surface area contributed by atoms with E-state index >= 15 is 0 Å². The highest BCUT2D eigenvalue weighted by atomic mass is 16.5. The second-order valence-electron chi connectivity index (χ2n) is 3.52. The molecular weight excluding hydrogens is 154 g/mol. The smallest absolute Gasteiger partial charge is 0.147 e. The fourth-order valence-corrected chi connectivity index (χ4v) is 1.53. The van der Waals surface area contributed by atoms with Crippen molar-refractivity contribution in [1.29, 1.82) is 0 Å². The van der Waals surface area contributed by atoms with Gasteiger partial charge in [0.15, 0.2) is 0 Å². The third-order valence-corrected chi connectivity index (χ3v) is 2.26. The van der Waals surface area contributed by atoms with E-state index in [0.717, 1.165) is 19.1 Å². The molecule has 0 bridgehead atoms. The van der Waals surface area contributed by atoms with E-state index in [0.29, 0.717) is 5.76 Å². The van der Waals surface area contributed by atoms with E-state index in [1.165, 1.54) is 0 Å². The molecule has 0 aromatic carbocycles. The predicted octanol–water partition coefficient (Wildman–Crippen LogP) is 1.51. The molecule has 0 aromatic heterocycles. The number of likely N-dealkylation sites (N-methyl/N-ethyl adjacent to an activating group) is 1. The molecule has 0 spiro atoms. The molecule has 1 aliphatic heterocycles. The van der Waals surface area contributed by atoms with E-state index < -0.39 is 0 Å². The van der Waals surface area contributed by atoms with Gasteiger partial charge in [0, 0.05) is 0 Å². The van der Waals surface area contributed by atoms with Gasteiger partial charge in [-0.2, -0.15) is 0 Å². The molecule has 0 radical (unpaired) electrons. The van der Waals surface area contributed by atoms with Crippen LogP contribution < -0.4 is 0 Å². The minimum absolute atomic E-state index is 0.236. The van der Waals surface area contributed by atoms with Crippen LogP contribution in [0.5, 0.6) is 0 Å². The average molecular weight is 171 g/mol. The van der Waals surface area contributed by atoms with Gasteiger partial charge in [-0.25, -0.2) is 0 Å². The molecule has 3 nitrogen and oxygen atoms in total. The first-order valence-electron chi connectivity index (χ1n) is 4.32. The summed E-state index contributed by atoms with van der Waals surface area (Å²) < 4.78 is 5.48. The van der Waals surface area contributed by atoms with Crippen molar-refractivity contribution in [3.63, 3.8) is 0 Å². The fourth-order valence-electron chi connectivity index (χ4n) is 1.53. The van der Waals surface area contributed by atoms with Crippen LogP contribution in [-0.2, 0) is 4.74 Å². The number of rotatable bonds is 1. The van der Waals surface area contributed by atoms with Crippen LogP contribution in [0.4, 0.5) is 0 Å². The van der Waals surface area contributed by atoms with Gasteiger partial charge in [-0.1, -0.05) is 0 Å². The quantitative estimate of drug-likeness (QED) is 0.607. The number of ether oxygens (including phenoxy) is 1. The van der Waals surface area contributed by atoms with Crippen molar-refractivity contribution in [1.82, 2.24) is 4.90 Å². The number of hydrogen-bond donors (Lipinski definition) is 1. The van der Waals surface area contributed by atoms with Crippen LogP contribution in [0.1, 0.15) is 19.8 Å². The Morgan fingerprint density at radius 1 is 1.50 bits per heavy atom. The van der Waals surface area contributed by atoms with Gasteiger partial charge in [0.25, 0.3) is 0 Å². The van der Waals surface area contributed by atoms with Crippen molar-refractivity contribution in [2.45, 2.75) is 31.9 Å². The van der Waals surface area contributed by atoms with Crippen molar-refractivity contribution in [2.24, 2.45) is 0 Å². The molecule has 0 aromatic rings. The molecule has 2 atom stereocenters. The Bertz CT molecular complexity index is 177. The molecule has 0 amide bonds. The molecule has 1 aliphatic rings. The normalized spacial score (nSPS) is 33.8. The lowest BCUT2D eigenvalue weighted by molar-refractivity contribution is 0.0385. The zero-order valence-electron chi connectivity index (χ0n) is 7.95. The summed E-state index contributed by atoms with van der Waals surface area (Å²) in [4.78, 5) is 2.06. The van der Waals surface area contributed by atoms with Gasteiger partial charge in [-0.3, -0.25) is 4.90 Å². The van der Waals surface area contributed by atoms with Gasteiger partial charge >= 0.3 is 0 Å². The van der Waals surface area contributed by atoms with Gasteiger partial charge in [-0.05, 0) is 33.9 Å². The van der Waals surface area contributed by atoms with Crippen molar-refractivity contribution >= 4 is 0 Å². The van der Waals surface area contributed by atoms with Gasteiger partial charge in [0.05, 0.1) is 12.1 Å². The Morgan fingerprint density at radius 3 is 2.67 bits per heavy atom. The number of nitrogens with zero attached hydrogens (tertiary/aromatic N) is 1. The number of aliphatic hydroxyl groups is 1. The van der Waals surface area contributed by atoms with E-state index in [1.807, 2.05) is 21.0 Å². The lowest BCUT2D eigenvalue weighted by Gasteiger charge is -2.33. The monoisotopic (exact) mass is 171 g/mol. The third kappa shape index (κ3) is 1.91. The maximum Gasteiger partial charge on any atom is 0.147 e. The summed E-state index contributed by atoms with van der Waals surface area (Å²) in [6.07, 6.45) is 3.43. The van der Waals surface area contributed by atoms with Crippen LogP contribution in [0, 0.1) is 0 Å². The summed E-state index contributed by atoms with van der Waals surface area (Å²) in [5, 5.41) is 8.91. The third-order valence-electron chi connectivity index (χ3n) is 2.26. The number of aliphatic hydroxyl groups excluding tert-OH is 1. The van der Waals surface area contributed by atoms with E-state index in [-0.39, 0.29) is 12.1 Å². The predicted molar refractivity (Wildman–Crippen MR) is 48.0 cm³/mol. The average Bonchev–Trinajstić information content (AvgIpc) is 2.03. The number of hydrogen-bond acceptors (Lipinski definition) is 3. The van der Waals surface area contributed by atoms with E-state index in [9.17, 15) is 0 Å². The van der Waals surface area contributed by atoms with Gasteiger partial charge in [0.2, 0.25) is 0 Å².